The van der Waals surface area contributed by atoms with Crippen LogP contribution in [0, 0.1) is 0 Å². The lowest BCUT2D eigenvalue weighted by Gasteiger charge is -2.14. The highest BCUT2D eigenvalue weighted by molar-refractivity contribution is 9.10. The molecule has 0 aliphatic rings. The third kappa shape index (κ3) is 3.52. The van der Waals surface area contributed by atoms with Crippen LogP contribution in [0.15, 0.2) is 40.9 Å². The van der Waals surface area contributed by atoms with Crippen LogP contribution in [0.5, 0.6) is 0 Å². The fraction of sp³-hybridized carbons (Fsp3) is 0.200. The Labute approximate surface area is 130 Å². The fourth-order valence-corrected chi connectivity index (χ4v) is 2.50. The predicted octanol–water partition coefficient (Wildman–Crippen LogP) is 3.59. The van der Waals surface area contributed by atoms with E-state index in [1.807, 2.05) is 30.3 Å². The lowest BCUT2D eigenvalue weighted by Crippen LogP contribution is -2.42. The van der Waals surface area contributed by atoms with Crippen molar-refractivity contribution in [2.24, 2.45) is 0 Å². The summed E-state index contributed by atoms with van der Waals surface area (Å²) in [6.45, 7) is 1.70. The smallest absolute Gasteiger partial charge is 0.326 e. The number of carbonyl (C=O) groups is 2. The first kappa shape index (κ1) is 15.3. The second-order valence-corrected chi connectivity index (χ2v) is 5.39. The third-order valence-corrected chi connectivity index (χ3v) is 3.82. The van der Waals surface area contributed by atoms with Crippen LogP contribution in [0.25, 0.3) is 10.8 Å². The summed E-state index contributed by atoms with van der Waals surface area (Å²) in [7, 11) is 0. The highest BCUT2D eigenvalue weighted by atomic mass is 79.9. The summed E-state index contributed by atoms with van der Waals surface area (Å²) in [6.07, 6.45) is 0.323. The van der Waals surface area contributed by atoms with E-state index < -0.39 is 18.0 Å². The summed E-state index contributed by atoms with van der Waals surface area (Å²) < 4.78 is 0.932. The van der Waals surface area contributed by atoms with Gasteiger partial charge in [0, 0.05) is 9.86 Å². The number of rotatable bonds is 4. The maximum atomic E-state index is 11.9. The first-order chi connectivity index (χ1) is 10.0. The number of carbonyl (C=O) groups excluding carboxylic acids is 1. The topological polar surface area (TPSA) is 78.4 Å². The summed E-state index contributed by atoms with van der Waals surface area (Å²) in [6, 6.07) is 9.81. The van der Waals surface area contributed by atoms with Crippen molar-refractivity contribution in [2.45, 2.75) is 19.4 Å². The second kappa shape index (κ2) is 6.58. The Balaban J connectivity index is 2.22. The van der Waals surface area contributed by atoms with Crippen molar-refractivity contribution in [2.75, 3.05) is 5.32 Å². The molecule has 1 atom stereocenters. The van der Waals surface area contributed by atoms with Gasteiger partial charge in [-0.3, -0.25) is 0 Å². The minimum absolute atomic E-state index is 0.323. The van der Waals surface area contributed by atoms with Gasteiger partial charge in [0.05, 0.1) is 5.69 Å². The number of hydrogen-bond donors (Lipinski definition) is 3. The molecule has 0 radical (unpaired) electrons. The van der Waals surface area contributed by atoms with Gasteiger partial charge < -0.3 is 15.7 Å². The minimum Gasteiger partial charge on any atom is -0.480 e. The standard InChI is InChI=1S/C15H15BrN2O3/c1-2-12(14(19)20)17-15(21)18-13-8-7-11(16)9-5-3-4-6-10(9)13/h3-8,12H,2H2,1H3,(H,19,20)(H2,17,18,21)/t12-/m0/s1. The Bertz CT molecular complexity index is 688. The summed E-state index contributed by atoms with van der Waals surface area (Å²) in [5.41, 5.74) is 0.631. The molecule has 3 N–H and O–H groups in total. The molecule has 110 valence electrons. The van der Waals surface area contributed by atoms with Crippen LogP contribution in [-0.4, -0.2) is 23.1 Å². The molecule has 2 rings (SSSR count). The molecule has 2 amide bonds. The van der Waals surface area contributed by atoms with E-state index in [0.717, 1.165) is 15.2 Å². The van der Waals surface area contributed by atoms with Gasteiger partial charge in [0.2, 0.25) is 0 Å². The van der Waals surface area contributed by atoms with Gasteiger partial charge in [-0.05, 0) is 23.9 Å². The summed E-state index contributed by atoms with van der Waals surface area (Å²) in [5, 5.41) is 15.9. The van der Waals surface area contributed by atoms with Gasteiger partial charge in [0.15, 0.2) is 0 Å². The van der Waals surface area contributed by atoms with Crippen LogP contribution in [0.4, 0.5) is 10.5 Å². The number of hydrogen-bond acceptors (Lipinski definition) is 2. The van der Waals surface area contributed by atoms with E-state index in [1.165, 1.54) is 0 Å². The fourth-order valence-electron chi connectivity index (χ4n) is 2.03. The number of aliphatic carboxylic acids is 1. The highest BCUT2D eigenvalue weighted by Gasteiger charge is 2.17. The molecule has 0 aliphatic heterocycles. The first-order valence-corrected chi connectivity index (χ1v) is 7.29. The van der Waals surface area contributed by atoms with Crippen molar-refractivity contribution in [1.82, 2.24) is 5.32 Å². The number of amides is 2. The van der Waals surface area contributed by atoms with E-state index in [4.69, 9.17) is 5.11 Å². The van der Waals surface area contributed by atoms with Crippen LogP contribution in [0.3, 0.4) is 0 Å². The van der Waals surface area contributed by atoms with Gasteiger partial charge in [-0.15, -0.1) is 0 Å². The molecule has 6 heteroatoms. The SMILES string of the molecule is CC[C@H](NC(=O)Nc1ccc(Br)c2ccccc12)C(=O)O. The Morgan fingerprint density at radius 2 is 1.86 bits per heavy atom. The summed E-state index contributed by atoms with van der Waals surface area (Å²) >= 11 is 3.46. The number of carboxylic acids is 1. The van der Waals surface area contributed by atoms with Crippen LogP contribution in [-0.2, 0) is 4.79 Å². The van der Waals surface area contributed by atoms with E-state index in [2.05, 4.69) is 26.6 Å². The van der Waals surface area contributed by atoms with Crippen LogP contribution < -0.4 is 10.6 Å². The molecule has 5 nitrogen and oxygen atoms in total. The molecule has 21 heavy (non-hydrogen) atoms. The van der Waals surface area contributed by atoms with Gasteiger partial charge in [-0.1, -0.05) is 47.1 Å². The monoisotopic (exact) mass is 350 g/mol. The maximum Gasteiger partial charge on any atom is 0.326 e. The number of nitrogens with one attached hydrogen (secondary N) is 2. The Morgan fingerprint density at radius 3 is 2.48 bits per heavy atom. The van der Waals surface area contributed by atoms with Crippen molar-refractivity contribution in [3.63, 3.8) is 0 Å². The number of urea groups is 1. The number of benzene rings is 2. The lowest BCUT2D eigenvalue weighted by atomic mass is 10.1. The molecule has 0 bridgehead atoms. The zero-order valence-electron chi connectivity index (χ0n) is 11.4. The van der Waals surface area contributed by atoms with Crippen LogP contribution in [0.1, 0.15) is 13.3 Å². The first-order valence-electron chi connectivity index (χ1n) is 6.50. The van der Waals surface area contributed by atoms with E-state index in [1.54, 1.807) is 13.0 Å². The van der Waals surface area contributed by atoms with Crippen LogP contribution >= 0.6 is 15.9 Å². The molecule has 0 fully saturated rings. The molecule has 0 aliphatic carbocycles. The maximum absolute atomic E-state index is 11.9. The summed E-state index contributed by atoms with van der Waals surface area (Å²) in [4.78, 5) is 22.8. The van der Waals surface area contributed by atoms with Crippen molar-refractivity contribution < 1.29 is 14.7 Å². The van der Waals surface area contributed by atoms with E-state index in [9.17, 15) is 9.59 Å². The molecular formula is C15H15BrN2O3. The third-order valence-electron chi connectivity index (χ3n) is 3.13. The zero-order valence-corrected chi connectivity index (χ0v) is 13.0. The highest BCUT2D eigenvalue weighted by Crippen LogP contribution is 2.29. The number of anilines is 1. The van der Waals surface area contributed by atoms with Crippen LogP contribution in [0.2, 0.25) is 0 Å². The molecule has 0 heterocycles. The Morgan fingerprint density at radius 1 is 1.19 bits per heavy atom. The van der Waals surface area contributed by atoms with Crippen molar-refractivity contribution in [3.8, 4) is 0 Å². The van der Waals surface area contributed by atoms with Gasteiger partial charge in [-0.2, -0.15) is 0 Å². The molecule has 0 unspecified atom stereocenters. The normalized spacial score (nSPS) is 11.9. The molecule has 0 saturated heterocycles. The average Bonchev–Trinajstić information content (AvgIpc) is 2.47. The van der Waals surface area contributed by atoms with Crippen molar-refractivity contribution in [3.05, 3.63) is 40.9 Å². The quantitative estimate of drug-likeness (QED) is 0.788. The number of carboxylic acid groups (broad SMARTS) is 1. The number of halogens is 1. The Kier molecular flexibility index (Phi) is 4.80. The van der Waals surface area contributed by atoms with Gasteiger partial charge >= 0.3 is 12.0 Å². The van der Waals surface area contributed by atoms with E-state index >= 15 is 0 Å². The molecule has 2 aromatic carbocycles. The summed E-state index contributed by atoms with van der Waals surface area (Å²) in [5.74, 6) is -1.05. The largest absolute Gasteiger partial charge is 0.480 e. The zero-order chi connectivity index (χ0) is 15.4. The van der Waals surface area contributed by atoms with Gasteiger partial charge in [-0.25, -0.2) is 9.59 Å². The van der Waals surface area contributed by atoms with E-state index in [0.29, 0.717) is 12.1 Å². The molecule has 0 saturated carbocycles. The molecule has 0 spiro atoms. The second-order valence-electron chi connectivity index (χ2n) is 4.54. The molecule has 0 aromatic heterocycles. The van der Waals surface area contributed by atoms with Gasteiger partial charge in [0.25, 0.3) is 0 Å². The average molecular weight is 351 g/mol. The van der Waals surface area contributed by atoms with E-state index in [-0.39, 0.29) is 0 Å². The number of fused-ring (bicyclic) bond motifs is 1. The molecular weight excluding hydrogens is 336 g/mol. The minimum atomic E-state index is -1.05. The lowest BCUT2D eigenvalue weighted by molar-refractivity contribution is -0.139. The van der Waals surface area contributed by atoms with Gasteiger partial charge in [0.1, 0.15) is 6.04 Å². The van der Waals surface area contributed by atoms with Crippen molar-refractivity contribution in [1.29, 1.82) is 0 Å². The predicted molar refractivity (Wildman–Crippen MR) is 85.5 cm³/mol. The van der Waals surface area contributed by atoms with Crippen molar-refractivity contribution >= 4 is 44.4 Å². The Hall–Kier alpha value is -2.08. The molecule has 2 aromatic rings.